The van der Waals surface area contributed by atoms with Crippen molar-refractivity contribution < 1.29 is 9.59 Å². The second-order valence-electron chi connectivity index (χ2n) is 7.57. The van der Waals surface area contributed by atoms with Gasteiger partial charge < -0.3 is 15.1 Å². The maximum absolute atomic E-state index is 12.8. The summed E-state index contributed by atoms with van der Waals surface area (Å²) in [5.74, 6) is 0.0966. The molecule has 0 saturated carbocycles. The van der Waals surface area contributed by atoms with Gasteiger partial charge in [0.15, 0.2) is 0 Å². The summed E-state index contributed by atoms with van der Waals surface area (Å²) in [6.07, 6.45) is 1.25. The van der Waals surface area contributed by atoms with Gasteiger partial charge in [0.1, 0.15) is 0 Å². The largest absolute Gasteiger partial charge is 0.323 e. The summed E-state index contributed by atoms with van der Waals surface area (Å²) in [5.41, 5.74) is 4.96. The Balaban J connectivity index is 1.33. The van der Waals surface area contributed by atoms with Gasteiger partial charge in [0.2, 0.25) is 5.91 Å². The first-order chi connectivity index (χ1) is 14.6. The second-order valence-corrected chi connectivity index (χ2v) is 7.57. The van der Waals surface area contributed by atoms with E-state index in [9.17, 15) is 9.59 Å². The molecule has 0 unspecified atom stereocenters. The van der Waals surface area contributed by atoms with Crippen LogP contribution in [-0.4, -0.2) is 30.4 Å². The van der Waals surface area contributed by atoms with Crippen molar-refractivity contribution in [1.82, 2.24) is 4.90 Å². The summed E-state index contributed by atoms with van der Waals surface area (Å²) in [4.78, 5) is 28.7. The van der Waals surface area contributed by atoms with E-state index in [0.717, 1.165) is 29.8 Å². The molecule has 5 nitrogen and oxygen atoms in total. The van der Waals surface area contributed by atoms with Crippen molar-refractivity contribution in [2.75, 3.05) is 23.8 Å². The molecule has 1 heterocycles. The van der Waals surface area contributed by atoms with E-state index in [-0.39, 0.29) is 11.9 Å². The highest BCUT2D eigenvalue weighted by Gasteiger charge is 2.23. The monoisotopic (exact) mass is 399 g/mol. The van der Waals surface area contributed by atoms with Crippen molar-refractivity contribution in [2.24, 2.45) is 0 Å². The SMILES string of the molecule is CN(Cc1ccccc1)C(=O)Nc1ccc(CC(=O)N2CCc3ccccc32)cc1. The number of amides is 3. The lowest BCUT2D eigenvalue weighted by molar-refractivity contribution is -0.117. The molecule has 4 rings (SSSR count). The topological polar surface area (TPSA) is 52.7 Å². The Labute approximate surface area is 176 Å². The van der Waals surface area contributed by atoms with Gasteiger partial charge in [-0.3, -0.25) is 4.79 Å². The number of carbonyl (C=O) groups is 2. The molecule has 3 aromatic carbocycles. The predicted molar refractivity (Wildman–Crippen MR) is 120 cm³/mol. The molecule has 0 fully saturated rings. The molecule has 152 valence electrons. The van der Waals surface area contributed by atoms with Crippen molar-refractivity contribution in [3.63, 3.8) is 0 Å². The molecular weight excluding hydrogens is 374 g/mol. The van der Waals surface area contributed by atoms with Crippen LogP contribution in [0.3, 0.4) is 0 Å². The molecule has 0 aliphatic carbocycles. The van der Waals surface area contributed by atoms with Gasteiger partial charge in [-0.25, -0.2) is 4.79 Å². The standard InChI is InChI=1S/C25H25N3O2/c1-27(18-20-7-3-2-4-8-20)25(30)26-22-13-11-19(12-14-22)17-24(29)28-16-15-21-9-5-6-10-23(21)28/h2-14H,15-18H2,1H3,(H,26,30). The van der Waals surface area contributed by atoms with Crippen molar-refractivity contribution >= 4 is 23.3 Å². The highest BCUT2D eigenvalue weighted by molar-refractivity contribution is 5.96. The van der Waals surface area contributed by atoms with Crippen molar-refractivity contribution in [3.8, 4) is 0 Å². The molecule has 1 aliphatic rings. The number of hydrogen-bond donors (Lipinski definition) is 1. The van der Waals surface area contributed by atoms with Crippen LogP contribution >= 0.6 is 0 Å². The van der Waals surface area contributed by atoms with Crippen LogP contribution in [-0.2, 0) is 24.2 Å². The third kappa shape index (κ3) is 4.51. The van der Waals surface area contributed by atoms with E-state index in [2.05, 4.69) is 11.4 Å². The minimum absolute atomic E-state index is 0.0966. The lowest BCUT2D eigenvalue weighted by Crippen LogP contribution is -2.31. The van der Waals surface area contributed by atoms with E-state index in [1.807, 2.05) is 77.7 Å². The van der Waals surface area contributed by atoms with Gasteiger partial charge in [-0.15, -0.1) is 0 Å². The Bertz CT molecular complexity index is 1030. The normalized spacial score (nSPS) is 12.4. The van der Waals surface area contributed by atoms with E-state index in [4.69, 9.17) is 0 Å². The summed E-state index contributed by atoms with van der Waals surface area (Å²) in [5, 5.41) is 2.90. The number of rotatable bonds is 5. The second kappa shape index (κ2) is 8.82. The minimum atomic E-state index is -0.170. The van der Waals surface area contributed by atoms with Crippen molar-refractivity contribution in [1.29, 1.82) is 0 Å². The Morgan fingerprint density at radius 3 is 2.37 bits per heavy atom. The minimum Gasteiger partial charge on any atom is -0.323 e. The van der Waals surface area contributed by atoms with Crippen LogP contribution in [0.1, 0.15) is 16.7 Å². The molecular formula is C25H25N3O2. The lowest BCUT2D eigenvalue weighted by Gasteiger charge is -2.19. The van der Waals surface area contributed by atoms with Gasteiger partial charge in [-0.05, 0) is 41.3 Å². The number of carbonyl (C=O) groups excluding carboxylic acids is 2. The molecule has 0 atom stereocenters. The Morgan fingerprint density at radius 2 is 1.60 bits per heavy atom. The first-order valence-electron chi connectivity index (χ1n) is 10.1. The molecule has 0 radical (unpaired) electrons. The molecule has 3 aromatic rings. The zero-order valence-electron chi connectivity index (χ0n) is 17.0. The van der Waals surface area contributed by atoms with Crippen LogP contribution in [0.25, 0.3) is 0 Å². The van der Waals surface area contributed by atoms with Crippen molar-refractivity contribution in [3.05, 3.63) is 95.6 Å². The number of hydrogen-bond acceptors (Lipinski definition) is 2. The van der Waals surface area contributed by atoms with Crippen LogP contribution in [0.4, 0.5) is 16.2 Å². The fraction of sp³-hybridized carbons (Fsp3) is 0.200. The highest BCUT2D eigenvalue weighted by Crippen LogP contribution is 2.28. The fourth-order valence-electron chi connectivity index (χ4n) is 3.72. The number of fused-ring (bicyclic) bond motifs is 1. The number of anilines is 2. The molecule has 0 bridgehead atoms. The average molecular weight is 399 g/mol. The summed E-state index contributed by atoms with van der Waals surface area (Å²) in [6.45, 7) is 1.27. The number of benzene rings is 3. The van der Waals surface area contributed by atoms with E-state index >= 15 is 0 Å². The summed E-state index contributed by atoms with van der Waals surface area (Å²) in [6, 6.07) is 25.2. The van der Waals surface area contributed by atoms with Gasteiger partial charge in [0.05, 0.1) is 6.42 Å². The number of urea groups is 1. The highest BCUT2D eigenvalue weighted by atomic mass is 16.2. The van der Waals surface area contributed by atoms with E-state index in [0.29, 0.717) is 18.7 Å². The van der Waals surface area contributed by atoms with E-state index in [1.165, 1.54) is 5.56 Å². The maximum Gasteiger partial charge on any atom is 0.321 e. The molecule has 3 amide bonds. The van der Waals surface area contributed by atoms with Crippen LogP contribution in [0, 0.1) is 0 Å². The van der Waals surface area contributed by atoms with Crippen LogP contribution in [0.5, 0.6) is 0 Å². The molecule has 5 heteroatoms. The summed E-state index contributed by atoms with van der Waals surface area (Å²) < 4.78 is 0. The quantitative estimate of drug-likeness (QED) is 0.688. The summed E-state index contributed by atoms with van der Waals surface area (Å²) >= 11 is 0. The van der Waals surface area contributed by atoms with Gasteiger partial charge >= 0.3 is 6.03 Å². The van der Waals surface area contributed by atoms with Gasteiger partial charge in [-0.2, -0.15) is 0 Å². The van der Waals surface area contributed by atoms with Gasteiger partial charge in [0.25, 0.3) is 0 Å². The first-order valence-corrected chi connectivity index (χ1v) is 10.1. The average Bonchev–Trinajstić information content (AvgIpc) is 3.20. The number of para-hydroxylation sites is 1. The lowest BCUT2D eigenvalue weighted by atomic mass is 10.1. The fourth-order valence-corrected chi connectivity index (χ4v) is 3.72. The van der Waals surface area contributed by atoms with Crippen LogP contribution < -0.4 is 10.2 Å². The van der Waals surface area contributed by atoms with Gasteiger partial charge in [-0.1, -0.05) is 60.7 Å². The smallest absolute Gasteiger partial charge is 0.321 e. The predicted octanol–water partition coefficient (Wildman–Crippen LogP) is 4.48. The molecule has 0 saturated heterocycles. The third-order valence-corrected chi connectivity index (χ3v) is 5.36. The third-order valence-electron chi connectivity index (χ3n) is 5.36. The Morgan fingerprint density at radius 1 is 0.900 bits per heavy atom. The molecule has 1 N–H and O–H groups in total. The zero-order valence-corrected chi connectivity index (χ0v) is 17.0. The molecule has 30 heavy (non-hydrogen) atoms. The number of nitrogens with one attached hydrogen (secondary N) is 1. The molecule has 0 spiro atoms. The first kappa shape index (κ1) is 19.7. The maximum atomic E-state index is 12.8. The molecule has 0 aromatic heterocycles. The summed E-state index contributed by atoms with van der Waals surface area (Å²) in [7, 11) is 1.77. The van der Waals surface area contributed by atoms with E-state index < -0.39 is 0 Å². The van der Waals surface area contributed by atoms with Gasteiger partial charge in [0, 0.05) is 31.5 Å². The van der Waals surface area contributed by atoms with E-state index in [1.54, 1.807) is 11.9 Å². The van der Waals surface area contributed by atoms with Crippen LogP contribution in [0.15, 0.2) is 78.9 Å². The van der Waals surface area contributed by atoms with Crippen molar-refractivity contribution in [2.45, 2.75) is 19.4 Å². The Hall–Kier alpha value is -3.60. The number of nitrogens with zero attached hydrogens (tertiary/aromatic N) is 2. The zero-order chi connectivity index (χ0) is 20.9. The van der Waals surface area contributed by atoms with Crippen LogP contribution in [0.2, 0.25) is 0 Å². The Kier molecular flexibility index (Phi) is 5.80. The molecule has 1 aliphatic heterocycles.